The molecular weight excluding hydrogens is 164 g/mol. The van der Waals surface area contributed by atoms with E-state index in [-0.39, 0.29) is 22.9 Å². The van der Waals surface area contributed by atoms with E-state index in [1.54, 1.807) is 0 Å². The molecule has 2 fully saturated rings. The van der Waals surface area contributed by atoms with Crippen LogP contribution in [-0.2, 0) is 9.59 Å². The quantitative estimate of drug-likeness (QED) is 0.419. The first-order valence-corrected chi connectivity index (χ1v) is 4.77. The maximum atomic E-state index is 11.5. The van der Waals surface area contributed by atoms with E-state index in [0.717, 1.165) is 12.0 Å². The molecule has 0 N–H and O–H groups in total. The summed E-state index contributed by atoms with van der Waals surface area (Å²) in [6.45, 7) is 6.05. The molecule has 13 heavy (non-hydrogen) atoms. The molecule has 2 unspecified atom stereocenters. The third kappa shape index (κ3) is 1.16. The van der Waals surface area contributed by atoms with Crippen LogP contribution in [0.5, 0.6) is 0 Å². The summed E-state index contributed by atoms with van der Waals surface area (Å²) in [4.78, 5) is 23.0. The van der Waals surface area contributed by atoms with Crippen molar-refractivity contribution in [3.05, 3.63) is 12.2 Å². The zero-order valence-electron chi connectivity index (χ0n) is 7.93. The summed E-state index contributed by atoms with van der Waals surface area (Å²) in [7, 11) is 0. The molecule has 2 rings (SSSR count). The lowest BCUT2D eigenvalue weighted by Crippen LogP contribution is -2.18. The van der Waals surface area contributed by atoms with Gasteiger partial charge in [0, 0.05) is 12.8 Å². The van der Waals surface area contributed by atoms with Gasteiger partial charge in [0.25, 0.3) is 0 Å². The summed E-state index contributed by atoms with van der Waals surface area (Å²) in [6.07, 6.45) is 2.54. The molecule has 2 heteroatoms. The molecule has 0 heterocycles. The van der Waals surface area contributed by atoms with Gasteiger partial charge < -0.3 is 0 Å². The Morgan fingerprint density at radius 1 is 1.31 bits per heavy atom. The highest BCUT2D eigenvalue weighted by molar-refractivity contribution is 6.05. The van der Waals surface area contributed by atoms with E-state index in [4.69, 9.17) is 0 Å². The molecule has 0 aromatic rings. The number of carbonyl (C=O) groups excluding carboxylic acids is 2. The van der Waals surface area contributed by atoms with Gasteiger partial charge in [-0.3, -0.25) is 9.59 Å². The third-order valence-corrected chi connectivity index (χ3v) is 3.52. The standard InChI is InChI=1S/C11H14O2/c1-7-3-4-9(12)8-5-11(7,2)6-10(8)13/h8H,1,3-6H2,2H3. The summed E-state index contributed by atoms with van der Waals surface area (Å²) < 4.78 is 0. The smallest absolute Gasteiger partial charge is 0.144 e. The summed E-state index contributed by atoms with van der Waals surface area (Å²) in [5, 5.41) is 0. The predicted octanol–water partition coefficient (Wildman–Crippen LogP) is 1.89. The molecule has 2 bridgehead atoms. The maximum Gasteiger partial charge on any atom is 0.144 e. The Labute approximate surface area is 78.0 Å². The van der Waals surface area contributed by atoms with Crippen molar-refractivity contribution in [2.24, 2.45) is 11.3 Å². The fourth-order valence-electron chi connectivity index (χ4n) is 2.46. The zero-order valence-corrected chi connectivity index (χ0v) is 7.93. The van der Waals surface area contributed by atoms with Crippen LogP contribution in [-0.4, -0.2) is 11.6 Å². The molecule has 2 nitrogen and oxygen atoms in total. The topological polar surface area (TPSA) is 34.1 Å². The number of hydrogen-bond acceptors (Lipinski definition) is 2. The van der Waals surface area contributed by atoms with Crippen LogP contribution >= 0.6 is 0 Å². The molecule has 2 saturated carbocycles. The van der Waals surface area contributed by atoms with Crippen LogP contribution in [0, 0.1) is 11.3 Å². The van der Waals surface area contributed by atoms with Gasteiger partial charge in [-0.1, -0.05) is 19.1 Å². The Balaban J connectivity index is 2.39. The molecule has 0 saturated heterocycles. The Morgan fingerprint density at radius 3 is 2.69 bits per heavy atom. The maximum absolute atomic E-state index is 11.5. The molecule has 2 atom stereocenters. The zero-order chi connectivity index (χ0) is 9.64. The Kier molecular flexibility index (Phi) is 1.69. The molecule has 2 aliphatic rings. The predicted molar refractivity (Wildman–Crippen MR) is 49.2 cm³/mol. The summed E-state index contributed by atoms with van der Waals surface area (Å²) in [6, 6.07) is 0. The van der Waals surface area contributed by atoms with E-state index < -0.39 is 0 Å². The second kappa shape index (κ2) is 2.53. The largest absolute Gasteiger partial charge is 0.299 e. The monoisotopic (exact) mass is 178 g/mol. The van der Waals surface area contributed by atoms with Gasteiger partial charge in [-0.15, -0.1) is 0 Å². The average molecular weight is 178 g/mol. The fourth-order valence-corrected chi connectivity index (χ4v) is 2.46. The van der Waals surface area contributed by atoms with E-state index in [1.807, 2.05) is 0 Å². The van der Waals surface area contributed by atoms with Crippen molar-refractivity contribution in [2.45, 2.75) is 32.6 Å². The first-order valence-electron chi connectivity index (χ1n) is 4.77. The second-order valence-electron chi connectivity index (χ2n) is 4.53. The van der Waals surface area contributed by atoms with E-state index in [2.05, 4.69) is 13.5 Å². The molecule has 0 aromatic heterocycles. The first kappa shape index (κ1) is 8.67. The Hall–Kier alpha value is -0.920. The highest BCUT2D eigenvalue weighted by Crippen LogP contribution is 2.48. The Morgan fingerprint density at radius 2 is 2.00 bits per heavy atom. The first-order chi connectivity index (χ1) is 6.03. The number of ketones is 2. The minimum absolute atomic E-state index is 0.0755. The number of allylic oxidation sites excluding steroid dienone is 1. The van der Waals surface area contributed by atoms with Gasteiger partial charge in [-0.05, 0) is 18.3 Å². The summed E-state index contributed by atoms with van der Waals surface area (Å²) in [5.41, 5.74) is 1.02. The number of fused-ring (bicyclic) bond motifs is 2. The molecule has 2 aliphatic carbocycles. The second-order valence-corrected chi connectivity index (χ2v) is 4.53. The summed E-state index contributed by atoms with van der Waals surface area (Å²) in [5.74, 6) is -0.0371. The minimum Gasteiger partial charge on any atom is -0.299 e. The van der Waals surface area contributed by atoms with Crippen molar-refractivity contribution in [2.75, 3.05) is 0 Å². The van der Waals surface area contributed by atoms with Gasteiger partial charge in [-0.2, -0.15) is 0 Å². The van der Waals surface area contributed by atoms with Crippen LogP contribution in [0.4, 0.5) is 0 Å². The van der Waals surface area contributed by atoms with Crippen LogP contribution in [0.15, 0.2) is 12.2 Å². The van der Waals surface area contributed by atoms with Crippen molar-refractivity contribution in [3.8, 4) is 0 Å². The lowest BCUT2D eigenvalue weighted by molar-refractivity contribution is -0.130. The molecular formula is C11H14O2. The van der Waals surface area contributed by atoms with Crippen LogP contribution in [0.2, 0.25) is 0 Å². The molecule has 70 valence electrons. The molecule has 0 aliphatic heterocycles. The van der Waals surface area contributed by atoms with E-state index in [1.165, 1.54) is 0 Å². The highest BCUT2D eigenvalue weighted by Gasteiger charge is 2.47. The normalized spacial score (nSPS) is 39.5. The van der Waals surface area contributed by atoms with Crippen molar-refractivity contribution >= 4 is 11.6 Å². The van der Waals surface area contributed by atoms with Crippen LogP contribution in [0.25, 0.3) is 0 Å². The number of Topliss-reactive ketones (excluding diaryl/α,β-unsaturated/α-hetero) is 2. The summed E-state index contributed by atoms with van der Waals surface area (Å²) >= 11 is 0. The lowest BCUT2D eigenvalue weighted by Gasteiger charge is -2.24. The average Bonchev–Trinajstić information content (AvgIpc) is 2.33. The molecule has 0 spiro atoms. The lowest BCUT2D eigenvalue weighted by atomic mass is 9.80. The van der Waals surface area contributed by atoms with Crippen molar-refractivity contribution in [3.63, 3.8) is 0 Å². The number of carbonyl (C=O) groups is 2. The third-order valence-electron chi connectivity index (χ3n) is 3.52. The van der Waals surface area contributed by atoms with Crippen molar-refractivity contribution < 1.29 is 9.59 Å². The van der Waals surface area contributed by atoms with E-state index in [9.17, 15) is 9.59 Å². The van der Waals surface area contributed by atoms with Crippen LogP contribution in [0.1, 0.15) is 32.6 Å². The van der Waals surface area contributed by atoms with Crippen molar-refractivity contribution in [1.29, 1.82) is 0 Å². The van der Waals surface area contributed by atoms with Gasteiger partial charge in [0.15, 0.2) is 0 Å². The van der Waals surface area contributed by atoms with Gasteiger partial charge in [0.2, 0.25) is 0 Å². The van der Waals surface area contributed by atoms with Gasteiger partial charge >= 0.3 is 0 Å². The number of rotatable bonds is 0. The fraction of sp³-hybridized carbons (Fsp3) is 0.636. The van der Waals surface area contributed by atoms with E-state index in [0.29, 0.717) is 19.3 Å². The van der Waals surface area contributed by atoms with Crippen LogP contribution < -0.4 is 0 Å². The van der Waals surface area contributed by atoms with Gasteiger partial charge in [0.05, 0.1) is 5.92 Å². The minimum atomic E-state index is -0.302. The van der Waals surface area contributed by atoms with Crippen molar-refractivity contribution in [1.82, 2.24) is 0 Å². The highest BCUT2D eigenvalue weighted by atomic mass is 16.2. The number of hydrogen-bond donors (Lipinski definition) is 0. The SMILES string of the molecule is C=C1CCC(=O)C2CC1(C)CC2=O. The van der Waals surface area contributed by atoms with Gasteiger partial charge in [-0.25, -0.2) is 0 Å². The Bertz CT molecular complexity index is 295. The molecule has 0 aromatic carbocycles. The molecule has 0 radical (unpaired) electrons. The van der Waals surface area contributed by atoms with E-state index >= 15 is 0 Å². The van der Waals surface area contributed by atoms with Crippen LogP contribution in [0.3, 0.4) is 0 Å². The molecule has 0 amide bonds. The van der Waals surface area contributed by atoms with Gasteiger partial charge in [0.1, 0.15) is 11.6 Å².